The van der Waals surface area contributed by atoms with Crippen molar-refractivity contribution in [3.63, 3.8) is 0 Å². The van der Waals surface area contributed by atoms with Crippen molar-refractivity contribution in [1.82, 2.24) is 4.31 Å². The molecular formula is C21H23ClN2O7S. The summed E-state index contributed by atoms with van der Waals surface area (Å²) in [5, 5.41) is 0.149. The van der Waals surface area contributed by atoms with Crippen molar-refractivity contribution in [2.75, 3.05) is 38.8 Å². The van der Waals surface area contributed by atoms with Gasteiger partial charge in [0.1, 0.15) is 11.5 Å². The number of anilines is 1. The van der Waals surface area contributed by atoms with Gasteiger partial charge in [0.25, 0.3) is 0 Å². The highest BCUT2D eigenvalue weighted by molar-refractivity contribution is 7.89. The van der Waals surface area contributed by atoms with E-state index in [0.717, 1.165) is 4.31 Å². The molecule has 0 saturated heterocycles. The number of benzene rings is 2. The molecule has 11 heteroatoms. The van der Waals surface area contributed by atoms with Crippen molar-refractivity contribution < 1.29 is 32.2 Å². The van der Waals surface area contributed by atoms with E-state index in [4.69, 9.17) is 25.8 Å². The molecule has 0 unspecified atom stereocenters. The molecule has 32 heavy (non-hydrogen) atoms. The Morgan fingerprint density at radius 1 is 1.25 bits per heavy atom. The van der Waals surface area contributed by atoms with Gasteiger partial charge < -0.3 is 19.1 Å². The Balaban J connectivity index is 1.82. The number of hydrogen-bond acceptors (Lipinski definition) is 7. The summed E-state index contributed by atoms with van der Waals surface area (Å²) in [6, 6.07) is 10.8. The number of ether oxygens (including phenoxy) is 3. The van der Waals surface area contributed by atoms with Crippen LogP contribution in [-0.2, 0) is 24.3 Å². The Bertz CT molecular complexity index is 1120. The van der Waals surface area contributed by atoms with E-state index < -0.39 is 34.5 Å². The smallest absolute Gasteiger partial charge is 0.348 e. The second-order valence-corrected chi connectivity index (χ2v) is 9.34. The molecule has 2 aromatic rings. The van der Waals surface area contributed by atoms with Crippen molar-refractivity contribution in [2.24, 2.45) is 0 Å². The van der Waals surface area contributed by atoms with E-state index in [2.05, 4.69) is 0 Å². The van der Waals surface area contributed by atoms with E-state index in [0.29, 0.717) is 23.8 Å². The van der Waals surface area contributed by atoms with Crippen LogP contribution in [0.25, 0.3) is 0 Å². The monoisotopic (exact) mass is 482 g/mol. The summed E-state index contributed by atoms with van der Waals surface area (Å²) in [7, 11) is -1.50. The van der Waals surface area contributed by atoms with Crippen LogP contribution in [0.2, 0.25) is 5.02 Å². The van der Waals surface area contributed by atoms with Gasteiger partial charge in [0, 0.05) is 7.05 Å². The molecule has 1 amide bonds. The molecule has 3 rings (SSSR count). The number of rotatable bonds is 7. The molecule has 0 fully saturated rings. The number of hydrogen-bond donors (Lipinski definition) is 0. The minimum Gasteiger partial charge on any atom is -0.492 e. The number of sulfonamides is 1. The number of methoxy groups -OCH3 is 1. The van der Waals surface area contributed by atoms with Crippen molar-refractivity contribution >= 4 is 39.2 Å². The van der Waals surface area contributed by atoms with Crippen LogP contribution in [0.4, 0.5) is 5.69 Å². The number of para-hydroxylation sites is 2. The van der Waals surface area contributed by atoms with E-state index in [1.807, 2.05) is 0 Å². The van der Waals surface area contributed by atoms with Gasteiger partial charge in [-0.1, -0.05) is 23.7 Å². The molecule has 0 aromatic heterocycles. The SMILES string of the molecule is CCOc1ccc(S(=O)(=O)N(C)CC(=O)N2C[C@@H](C(=O)OC)Oc3ccccc32)cc1Cl. The van der Waals surface area contributed by atoms with Gasteiger partial charge in [0.15, 0.2) is 0 Å². The van der Waals surface area contributed by atoms with Crippen molar-refractivity contribution in [1.29, 1.82) is 0 Å². The maximum atomic E-state index is 13.1. The van der Waals surface area contributed by atoms with Gasteiger partial charge in [-0.15, -0.1) is 0 Å². The van der Waals surface area contributed by atoms with Crippen molar-refractivity contribution in [3.05, 3.63) is 47.5 Å². The van der Waals surface area contributed by atoms with E-state index in [9.17, 15) is 18.0 Å². The average Bonchev–Trinajstić information content (AvgIpc) is 2.78. The highest BCUT2D eigenvalue weighted by Gasteiger charge is 2.35. The van der Waals surface area contributed by atoms with Gasteiger partial charge in [0.05, 0.1) is 42.4 Å². The lowest BCUT2D eigenvalue weighted by Gasteiger charge is -2.34. The topological polar surface area (TPSA) is 102 Å². The summed E-state index contributed by atoms with van der Waals surface area (Å²) in [6.45, 7) is 1.60. The molecule has 1 atom stereocenters. The number of carbonyl (C=O) groups is 2. The highest BCUT2D eigenvalue weighted by atomic mass is 35.5. The molecule has 0 bridgehead atoms. The Morgan fingerprint density at radius 3 is 2.62 bits per heavy atom. The minimum atomic E-state index is -4.02. The largest absolute Gasteiger partial charge is 0.492 e. The fourth-order valence-corrected chi connectivity index (χ4v) is 4.63. The van der Waals surface area contributed by atoms with Crippen LogP contribution in [0.3, 0.4) is 0 Å². The van der Waals surface area contributed by atoms with Crippen LogP contribution < -0.4 is 14.4 Å². The molecular weight excluding hydrogens is 460 g/mol. The standard InChI is InChI=1S/C21H23ClN2O7S/c1-4-30-17-10-9-14(11-15(17)22)32(27,28)23(2)13-20(25)24-12-19(21(26)29-3)31-18-8-6-5-7-16(18)24/h5-11,19H,4,12-13H2,1-3H3/t19-/m0/s1. The third kappa shape index (κ3) is 4.82. The first-order chi connectivity index (χ1) is 15.2. The van der Waals surface area contributed by atoms with E-state index in [-0.39, 0.29) is 16.5 Å². The third-order valence-electron chi connectivity index (χ3n) is 4.81. The maximum absolute atomic E-state index is 13.1. The number of likely N-dealkylation sites (N-methyl/N-ethyl adjacent to an activating group) is 1. The quantitative estimate of drug-likeness (QED) is 0.558. The molecule has 9 nitrogen and oxygen atoms in total. The lowest BCUT2D eigenvalue weighted by Crippen LogP contribution is -2.50. The molecule has 2 aromatic carbocycles. The molecule has 172 valence electrons. The molecule has 0 saturated carbocycles. The van der Waals surface area contributed by atoms with Gasteiger partial charge in [-0.05, 0) is 37.3 Å². The van der Waals surface area contributed by atoms with Gasteiger partial charge in [-0.2, -0.15) is 4.31 Å². The van der Waals surface area contributed by atoms with Crippen molar-refractivity contribution in [3.8, 4) is 11.5 Å². The van der Waals surface area contributed by atoms with Gasteiger partial charge in [0.2, 0.25) is 22.0 Å². The summed E-state index contributed by atoms with van der Waals surface area (Å²) in [6.07, 6.45) is -1.02. The summed E-state index contributed by atoms with van der Waals surface area (Å²) in [5.41, 5.74) is 0.438. The third-order valence-corrected chi connectivity index (χ3v) is 6.90. The Kier molecular flexibility index (Phi) is 7.27. The first-order valence-electron chi connectivity index (χ1n) is 9.71. The Hall–Kier alpha value is -2.82. The van der Waals surface area contributed by atoms with Crippen LogP contribution in [0.1, 0.15) is 6.92 Å². The zero-order valence-corrected chi connectivity index (χ0v) is 19.4. The summed E-state index contributed by atoms with van der Waals surface area (Å²) < 4.78 is 42.6. The predicted octanol–water partition coefficient (Wildman–Crippen LogP) is 2.33. The molecule has 1 aliphatic heterocycles. The normalized spacial score (nSPS) is 15.7. The number of amides is 1. The number of carbonyl (C=O) groups excluding carboxylic acids is 2. The maximum Gasteiger partial charge on any atom is 0.348 e. The lowest BCUT2D eigenvalue weighted by molar-refractivity contribution is -0.148. The Morgan fingerprint density at radius 2 is 1.97 bits per heavy atom. The number of fused-ring (bicyclic) bond motifs is 1. The minimum absolute atomic E-state index is 0.0731. The van der Waals surface area contributed by atoms with Crippen LogP contribution in [0.15, 0.2) is 47.4 Å². The first-order valence-corrected chi connectivity index (χ1v) is 11.5. The second kappa shape index (κ2) is 9.76. The second-order valence-electron chi connectivity index (χ2n) is 6.89. The summed E-state index contributed by atoms with van der Waals surface area (Å²) in [5.74, 6) is -0.475. The number of halogens is 1. The van der Waals surface area contributed by atoms with E-state index in [1.54, 1.807) is 31.2 Å². The van der Waals surface area contributed by atoms with Gasteiger partial charge in [-0.3, -0.25) is 4.79 Å². The molecule has 0 radical (unpaired) electrons. The molecule has 1 heterocycles. The molecule has 0 aliphatic carbocycles. The van der Waals surface area contributed by atoms with Crippen molar-refractivity contribution in [2.45, 2.75) is 17.9 Å². The first kappa shape index (κ1) is 23.8. The van der Waals surface area contributed by atoms with Crippen LogP contribution in [0, 0.1) is 0 Å². The molecule has 0 spiro atoms. The zero-order valence-electron chi connectivity index (χ0n) is 17.8. The summed E-state index contributed by atoms with van der Waals surface area (Å²) >= 11 is 6.12. The fraction of sp³-hybridized carbons (Fsp3) is 0.333. The van der Waals surface area contributed by atoms with Crippen LogP contribution >= 0.6 is 11.6 Å². The van der Waals surface area contributed by atoms with Gasteiger partial charge in [-0.25, -0.2) is 13.2 Å². The Labute approximate surface area is 191 Å². The molecule has 1 aliphatic rings. The van der Waals surface area contributed by atoms with E-state index in [1.165, 1.54) is 37.3 Å². The lowest BCUT2D eigenvalue weighted by atomic mass is 10.2. The predicted molar refractivity (Wildman–Crippen MR) is 118 cm³/mol. The fourth-order valence-electron chi connectivity index (χ4n) is 3.18. The van der Waals surface area contributed by atoms with Crippen LogP contribution in [0.5, 0.6) is 11.5 Å². The van der Waals surface area contributed by atoms with Gasteiger partial charge >= 0.3 is 5.97 Å². The number of nitrogens with zero attached hydrogens (tertiary/aromatic N) is 2. The van der Waals surface area contributed by atoms with E-state index >= 15 is 0 Å². The molecule has 0 N–H and O–H groups in total. The number of esters is 1. The zero-order chi connectivity index (χ0) is 23.5. The van der Waals surface area contributed by atoms with Crippen LogP contribution in [-0.4, -0.2) is 64.6 Å². The highest BCUT2D eigenvalue weighted by Crippen LogP contribution is 2.34. The average molecular weight is 483 g/mol. The summed E-state index contributed by atoms with van der Waals surface area (Å²) in [4.78, 5) is 26.3.